The molecule has 4 heteroatoms. The van der Waals surface area contributed by atoms with Crippen LogP contribution in [0.1, 0.15) is 0 Å². The lowest BCUT2D eigenvalue weighted by atomic mass is 10.3. The Labute approximate surface area is 81.9 Å². The predicted molar refractivity (Wildman–Crippen MR) is 52.1 cm³/mol. The lowest BCUT2D eigenvalue weighted by molar-refractivity contribution is 0.415. The number of hydrogen-bond donors (Lipinski definition) is 1. The fourth-order valence-corrected chi connectivity index (χ4v) is 1.11. The molecule has 0 heterocycles. The molecule has 3 nitrogen and oxygen atoms in total. The molecule has 1 N–H and O–H groups in total. The van der Waals surface area contributed by atoms with E-state index in [1.165, 1.54) is 0 Å². The Morgan fingerprint density at radius 2 is 2.38 bits per heavy atom. The van der Waals surface area contributed by atoms with E-state index in [1.54, 1.807) is 25.3 Å². The summed E-state index contributed by atoms with van der Waals surface area (Å²) >= 11 is 5.81. The number of ether oxygens (including phenoxy) is 1. The van der Waals surface area contributed by atoms with Crippen molar-refractivity contribution in [3.05, 3.63) is 23.2 Å². The monoisotopic (exact) mass is 196 g/mol. The van der Waals surface area contributed by atoms with Gasteiger partial charge in [-0.25, -0.2) is 0 Å². The number of methoxy groups -OCH3 is 1. The third kappa shape index (κ3) is 2.53. The second-order valence-electron chi connectivity index (χ2n) is 2.36. The first-order valence-corrected chi connectivity index (χ1v) is 4.10. The molecule has 0 amide bonds. The van der Waals surface area contributed by atoms with Crippen molar-refractivity contribution in [2.45, 2.75) is 0 Å². The first-order chi connectivity index (χ1) is 6.27. The molecule has 0 radical (unpaired) electrons. The van der Waals surface area contributed by atoms with E-state index in [1.807, 2.05) is 6.07 Å². The zero-order chi connectivity index (χ0) is 9.68. The third-order valence-electron chi connectivity index (χ3n) is 1.52. The Balaban J connectivity index is 2.81. The molecule has 1 aromatic rings. The summed E-state index contributed by atoms with van der Waals surface area (Å²) in [7, 11) is 1.55. The first kappa shape index (κ1) is 9.69. The van der Waals surface area contributed by atoms with Crippen LogP contribution in [0.4, 0.5) is 5.69 Å². The summed E-state index contributed by atoms with van der Waals surface area (Å²) in [4.78, 5) is 0. The highest BCUT2D eigenvalue weighted by Crippen LogP contribution is 2.27. The molecule has 0 saturated heterocycles. The second kappa shape index (κ2) is 4.58. The predicted octanol–water partition coefficient (Wildman–Crippen LogP) is 2.28. The topological polar surface area (TPSA) is 45.0 Å². The largest absolute Gasteiger partial charge is 0.495 e. The van der Waals surface area contributed by atoms with Gasteiger partial charge in [-0.1, -0.05) is 11.6 Å². The summed E-state index contributed by atoms with van der Waals surface area (Å²) in [6.07, 6.45) is 0. The average Bonchev–Trinajstić information content (AvgIpc) is 2.16. The zero-order valence-electron chi connectivity index (χ0n) is 7.17. The van der Waals surface area contributed by atoms with Crippen LogP contribution in [0.2, 0.25) is 5.02 Å². The summed E-state index contributed by atoms with van der Waals surface area (Å²) in [5, 5.41) is 11.8. The highest BCUT2D eigenvalue weighted by molar-refractivity contribution is 6.32. The molecular formula is C9H9ClN2O. The number of halogens is 1. The molecule has 0 fully saturated rings. The van der Waals surface area contributed by atoms with Crippen LogP contribution in [0, 0.1) is 11.3 Å². The molecule has 68 valence electrons. The number of nitrogens with zero attached hydrogens (tertiary/aromatic N) is 1. The van der Waals surface area contributed by atoms with Crippen molar-refractivity contribution in [2.24, 2.45) is 0 Å². The quantitative estimate of drug-likeness (QED) is 0.755. The van der Waals surface area contributed by atoms with Crippen molar-refractivity contribution in [2.75, 3.05) is 19.0 Å². The molecule has 0 aromatic heterocycles. The summed E-state index contributed by atoms with van der Waals surface area (Å²) < 4.78 is 5.01. The fraction of sp³-hybridized carbons (Fsp3) is 0.222. The van der Waals surface area contributed by atoms with Crippen LogP contribution in [0.15, 0.2) is 18.2 Å². The highest BCUT2D eigenvalue weighted by atomic mass is 35.5. The van der Waals surface area contributed by atoms with Gasteiger partial charge in [-0.15, -0.1) is 0 Å². The Bertz CT molecular complexity index is 333. The van der Waals surface area contributed by atoms with E-state index in [0.29, 0.717) is 10.8 Å². The van der Waals surface area contributed by atoms with Gasteiger partial charge in [0.2, 0.25) is 0 Å². The second-order valence-corrected chi connectivity index (χ2v) is 2.77. The van der Waals surface area contributed by atoms with Crippen LogP contribution in [-0.2, 0) is 0 Å². The molecule has 0 saturated carbocycles. The summed E-state index contributed by atoms with van der Waals surface area (Å²) in [6, 6.07) is 7.25. The average molecular weight is 197 g/mol. The number of rotatable bonds is 3. The van der Waals surface area contributed by atoms with Crippen molar-refractivity contribution >= 4 is 17.3 Å². The normalized spacial score (nSPS) is 9.00. The summed E-state index contributed by atoms with van der Waals surface area (Å²) in [6.45, 7) is 0.269. The van der Waals surface area contributed by atoms with E-state index in [-0.39, 0.29) is 6.54 Å². The van der Waals surface area contributed by atoms with Crippen molar-refractivity contribution < 1.29 is 4.74 Å². The number of anilines is 1. The van der Waals surface area contributed by atoms with Gasteiger partial charge >= 0.3 is 0 Å². The molecule has 0 atom stereocenters. The van der Waals surface area contributed by atoms with Gasteiger partial charge in [0.05, 0.1) is 18.2 Å². The summed E-state index contributed by atoms with van der Waals surface area (Å²) in [5.41, 5.74) is 0.822. The number of hydrogen-bond acceptors (Lipinski definition) is 3. The lowest BCUT2D eigenvalue weighted by Gasteiger charge is -2.06. The minimum Gasteiger partial charge on any atom is -0.495 e. The molecule has 0 aliphatic heterocycles. The Morgan fingerprint density at radius 3 is 3.00 bits per heavy atom. The van der Waals surface area contributed by atoms with Gasteiger partial charge < -0.3 is 10.1 Å². The minimum absolute atomic E-state index is 0.269. The molecule has 0 spiro atoms. The van der Waals surface area contributed by atoms with Gasteiger partial charge in [0.15, 0.2) is 0 Å². The SMILES string of the molecule is COc1cc(NCC#N)ccc1Cl. The van der Waals surface area contributed by atoms with Crippen LogP contribution in [0.3, 0.4) is 0 Å². The number of nitrogens with one attached hydrogen (secondary N) is 1. The smallest absolute Gasteiger partial charge is 0.139 e. The highest BCUT2D eigenvalue weighted by Gasteiger charge is 2.00. The number of benzene rings is 1. The van der Waals surface area contributed by atoms with Crippen molar-refractivity contribution in [3.63, 3.8) is 0 Å². The van der Waals surface area contributed by atoms with Gasteiger partial charge in [0.1, 0.15) is 12.3 Å². The maximum atomic E-state index is 8.34. The van der Waals surface area contributed by atoms with Gasteiger partial charge in [-0.2, -0.15) is 5.26 Å². The standard InChI is InChI=1S/C9H9ClN2O/c1-13-9-6-7(12-5-4-11)2-3-8(9)10/h2-3,6,12H,5H2,1H3. The Hall–Kier alpha value is -1.40. The van der Waals surface area contributed by atoms with Gasteiger partial charge in [0.25, 0.3) is 0 Å². The van der Waals surface area contributed by atoms with Crippen molar-refractivity contribution in [3.8, 4) is 11.8 Å². The van der Waals surface area contributed by atoms with E-state index in [2.05, 4.69) is 5.32 Å². The molecule has 0 aliphatic rings. The molecule has 1 aromatic carbocycles. The van der Waals surface area contributed by atoms with Crippen molar-refractivity contribution in [1.29, 1.82) is 5.26 Å². The van der Waals surface area contributed by atoms with E-state index in [0.717, 1.165) is 5.69 Å². The minimum atomic E-state index is 0.269. The van der Waals surface area contributed by atoms with Gasteiger partial charge in [-0.05, 0) is 12.1 Å². The molecule has 0 aliphatic carbocycles. The fourth-order valence-electron chi connectivity index (χ4n) is 0.911. The van der Waals surface area contributed by atoms with Crippen LogP contribution in [0.25, 0.3) is 0 Å². The number of nitriles is 1. The van der Waals surface area contributed by atoms with Crippen LogP contribution in [0.5, 0.6) is 5.75 Å². The molecule has 13 heavy (non-hydrogen) atoms. The molecule has 0 unspecified atom stereocenters. The summed E-state index contributed by atoms with van der Waals surface area (Å²) in [5.74, 6) is 0.601. The maximum absolute atomic E-state index is 8.34. The Morgan fingerprint density at radius 1 is 1.62 bits per heavy atom. The lowest BCUT2D eigenvalue weighted by Crippen LogP contribution is -1.98. The van der Waals surface area contributed by atoms with E-state index >= 15 is 0 Å². The van der Waals surface area contributed by atoms with E-state index in [9.17, 15) is 0 Å². The molecular weight excluding hydrogens is 188 g/mol. The van der Waals surface area contributed by atoms with Gasteiger partial charge in [-0.3, -0.25) is 0 Å². The van der Waals surface area contributed by atoms with Crippen LogP contribution >= 0.6 is 11.6 Å². The van der Waals surface area contributed by atoms with Gasteiger partial charge in [0, 0.05) is 11.8 Å². The zero-order valence-corrected chi connectivity index (χ0v) is 7.93. The molecule has 1 rings (SSSR count). The van der Waals surface area contributed by atoms with Crippen molar-refractivity contribution in [1.82, 2.24) is 0 Å². The molecule has 0 bridgehead atoms. The Kier molecular flexibility index (Phi) is 3.41. The van der Waals surface area contributed by atoms with E-state index < -0.39 is 0 Å². The van der Waals surface area contributed by atoms with E-state index in [4.69, 9.17) is 21.6 Å². The van der Waals surface area contributed by atoms with Crippen LogP contribution in [-0.4, -0.2) is 13.7 Å². The first-order valence-electron chi connectivity index (χ1n) is 3.72. The third-order valence-corrected chi connectivity index (χ3v) is 1.83. The maximum Gasteiger partial charge on any atom is 0.139 e. The van der Waals surface area contributed by atoms with Crippen LogP contribution < -0.4 is 10.1 Å².